The Hall–Kier alpha value is -1.90. The van der Waals surface area contributed by atoms with Crippen LogP contribution in [0.4, 0.5) is 14.5 Å². The van der Waals surface area contributed by atoms with Gasteiger partial charge < -0.3 is 10.6 Å². The third-order valence-corrected chi connectivity index (χ3v) is 4.17. The molecule has 0 bridgehead atoms. The zero-order valence-electron chi connectivity index (χ0n) is 13.9. The Balaban J connectivity index is 0.00000169. The number of nitrogens with zero attached hydrogens (tertiary/aromatic N) is 4. The van der Waals surface area contributed by atoms with Crippen LogP contribution in [-0.4, -0.2) is 51.4 Å². The Morgan fingerprint density at radius 3 is 2.42 bits per heavy atom. The third-order valence-electron chi connectivity index (χ3n) is 4.17. The van der Waals surface area contributed by atoms with Crippen molar-refractivity contribution in [3.63, 3.8) is 0 Å². The molecular weight excluding hydrogens is 387 g/mol. The van der Waals surface area contributed by atoms with Gasteiger partial charge in [-0.3, -0.25) is 14.3 Å². The summed E-state index contributed by atoms with van der Waals surface area (Å²) in [5.74, 6) is 0.235. The summed E-state index contributed by atoms with van der Waals surface area (Å²) in [5.41, 5.74) is 6.81. The Bertz CT molecular complexity index is 720. The predicted octanol–water partition coefficient (Wildman–Crippen LogP) is 2.66. The number of para-hydroxylation sites is 1. The zero-order valence-corrected chi connectivity index (χ0v) is 15.6. The monoisotopic (exact) mass is 407 g/mol. The minimum absolute atomic E-state index is 0. The second-order valence-electron chi connectivity index (χ2n) is 5.68. The van der Waals surface area contributed by atoms with Gasteiger partial charge >= 0.3 is 6.55 Å². The molecule has 1 aliphatic rings. The Labute approximate surface area is 162 Å². The van der Waals surface area contributed by atoms with E-state index in [9.17, 15) is 13.6 Å². The molecule has 10 heteroatoms. The van der Waals surface area contributed by atoms with E-state index >= 15 is 0 Å². The number of nitrogen functional groups attached to an aromatic ring is 1. The molecule has 0 aliphatic carbocycles. The van der Waals surface area contributed by atoms with Gasteiger partial charge in [-0.1, -0.05) is 12.1 Å². The van der Waals surface area contributed by atoms with E-state index in [0.29, 0.717) is 49.8 Å². The Kier molecular flexibility index (Phi) is 8.26. The molecule has 1 aromatic heterocycles. The SMILES string of the molecule is Cl.Cl.Nc1ccccc1C(=O)N1CCN(Cc2nccn2C(F)F)CC1. The van der Waals surface area contributed by atoms with Gasteiger partial charge in [-0.2, -0.15) is 8.78 Å². The molecule has 3 rings (SSSR count). The predicted molar refractivity (Wildman–Crippen MR) is 100 cm³/mol. The molecule has 0 atom stereocenters. The lowest BCUT2D eigenvalue weighted by molar-refractivity contribution is 0.0556. The fraction of sp³-hybridized carbons (Fsp3) is 0.375. The first-order valence-electron chi connectivity index (χ1n) is 7.72. The number of carbonyl (C=O) groups excluding carboxylic acids is 1. The fourth-order valence-electron chi connectivity index (χ4n) is 2.82. The van der Waals surface area contributed by atoms with E-state index in [1.165, 1.54) is 12.4 Å². The van der Waals surface area contributed by atoms with Crippen molar-refractivity contribution >= 4 is 36.4 Å². The largest absolute Gasteiger partial charge is 0.398 e. The maximum absolute atomic E-state index is 12.8. The molecule has 144 valence electrons. The van der Waals surface area contributed by atoms with Crippen molar-refractivity contribution in [3.8, 4) is 0 Å². The third kappa shape index (κ3) is 4.84. The lowest BCUT2D eigenvalue weighted by Gasteiger charge is -2.34. The van der Waals surface area contributed by atoms with Gasteiger partial charge in [-0.15, -0.1) is 24.8 Å². The van der Waals surface area contributed by atoms with Gasteiger partial charge in [-0.25, -0.2) is 4.98 Å². The summed E-state index contributed by atoms with van der Waals surface area (Å²) < 4.78 is 26.6. The second-order valence-corrected chi connectivity index (χ2v) is 5.68. The number of imidazole rings is 1. The van der Waals surface area contributed by atoms with Crippen LogP contribution in [-0.2, 0) is 6.54 Å². The molecule has 2 N–H and O–H groups in total. The molecule has 2 heterocycles. The highest BCUT2D eigenvalue weighted by atomic mass is 35.5. The number of alkyl halides is 2. The zero-order chi connectivity index (χ0) is 17.1. The standard InChI is InChI=1S/C16H19F2N5O.2ClH/c17-16(18)23-6-5-20-14(23)11-21-7-9-22(10-8-21)15(24)12-3-1-2-4-13(12)19;;/h1-6,16H,7-11,19H2;2*1H. The minimum Gasteiger partial charge on any atom is -0.398 e. The average Bonchev–Trinajstić information content (AvgIpc) is 3.04. The molecule has 0 saturated carbocycles. The number of hydrogen-bond acceptors (Lipinski definition) is 4. The molecule has 1 aromatic carbocycles. The minimum atomic E-state index is -2.59. The highest BCUT2D eigenvalue weighted by Crippen LogP contribution is 2.17. The summed E-state index contributed by atoms with van der Waals surface area (Å²) in [6, 6.07) is 6.98. The van der Waals surface area contributed by atoms with Crippen LogP contribution in [0.15, 0.2) is 36.7 Å². The van der Waals surface area contributed by atoms with Crippen LogP contribution in [0.5, 0.6) is 0 Å². The highest BCUT2D eigenvalue weighted by molar-refractivity contribution is 5.99. The van der Waals surface area contributed by atoms with Crippen molar-refractivity contribution in [1.29, 1.82) is 0 Å². The number of rotatable bonds is 4. The summed E-state index contributed by atoms with van der Waals surface area (Å²) >= 11 is 0. The van der Waals surface area contributed by atoms with Gasteiger partial charge in [-0.05, 0) is 12.1 Å². The van der Waals surface area contributed by atoms with E-state index in [2.05, 4.69) is 4.98 Å². The number of amides is 1. The summed E-state index contributed by atoms with van der Waals surface area (Å²) in [7, 11) is 0. The Morgan fingerprint density at radius 2 is 1.81 bits per heavy atom. The van der Waals surface area contributed by atoms with E-state index in [4.69, 9.17) is 5.73 Å². The lowest BCUT2D eigenvalue weighted by atomic mass is 10.1. The van der Waals surface area contributed by atoms with Crippen molar-refractivity contribution in [2.24, 2.45) is 0 Å². The summed E-state index contributed by atoms with van der Waals surface area (Å²) in [6.07, 6.45) is 2.65. The van der Waals surface area contributed by atoms with Crippen molar-refractivity contribution < 1.29 is 13.6 Å². The molecule has 1 aliphatic heterocycles. The van der Waals surface area contributed by atoms with Gasteiger partial charge in [0.2, 0.25) is 0 Å². The van der Waals surface area contributed by atoms with Crippen LogP contribution in [0.2, 0.25) is 0 Å². The number of anilines is 1. The Morgan fingerprint density at radius 1 is 1.15 bits per heavy atom. The van der Waals surface area contributed by atoms with Gasteiger partial charge in [0.25, 0.3) is 5.91 Å². The molecular formula is C16H21Cl2F2N5O. The molecule has 1 amide bonds. The molecule has 0 unspecified atom stereocenters. The summed E-state index contributed by atoms with van der Waals surface area (Å²) in [4.78, 5) is 20.2. The second kappa shape index (κ2) is 9.70. The van der Waals surface area contributed by atoms with E-state index in [1.807, 2.05) is 4.90 Å². The molecule has 0 spiro atoms. The quantitative estimate of drug-likeness (QED) is 0.791. The number of halogens is 4. The van der Waals surface area contributed by atoms with Gasteiger partial charge in [0.15, 0.2) is 0 Å². The number of aromatic nitrogens is 2. The maximum Gasteiger partial charge on any atom is 0.319 e. The van der Waals surface area contributed by atoms with E-state index in [-0.39, 0.29) is 30.7 Å². The van der Waals surface area contributed by atoms with Gasteiger partial charge in [0, 0.05) is 44.3 Å². The van der Waals surface area contributed by atoms with E-state index in [0.717, 1.165) is 4.57 Å². The van der Waals surface area contributed by atoms with Crippen molar-refractivity contribution in [1.82, 2.24) is 19.4 Å². The molecule has 1 fully saturated rings. The molecule has 0 radical (unpaired) electrons. The van der Waals surface area contributed by atoms with Crippen LogP contribution < -0.4 is 5.73 Å². The van der Waals surface area contributed by atoms with Gasteiger partial charge in [0.05, 0.1) is 12.1 Å². The van der Waals surface area contributed by atoms with Crippen LogP contribution >= 0.6 is 24.8 Å². The topological polar surface area (TPSA) is 67.4 Å². The van der Waals surface area contributed by atoms with Crippen molar-refractivity contribution in [3.05, 3.63) is 48.0 Å². The molecule has 6 nitrogen and oxygen atoms in total. The van der Waals surface area contributed by atoms with E-state index < -0.39 is 6.55 Å². The van der Waals surface area contributed by atoms with Gasteiger partial charge in [0.1, 0.15) is 5.82 Å². The van der Waals surface area contributed by atoms with E-state index in [1.54, 1.807) is 29.2 Å². The highest BCUT2D eigenvalue weighted by Gasteiger charge is 2.24. The van der Waals surface area contributed by atoms with Crippen molar-refractivity contribution in [2.75, 3.05) is 31.9 Å². The smallest absolute Gasteiger partial charge is 0.319 e. The average molecular weight is 408 g/mol. The number of piperazine rings is 1. The molecule has 2 aromatic rings. The maximum atomic E-state index is 12.8. The van der Waals surface area contributed by atoms with Crippen LogP contribution in [0.3, 0.4) is 0 Å². The van der Waals surface area contributed by atoms with Crippen LogP contribution in [0.25, 0.3) is 0 Å². The number of hydrogen-bond donors (Lipinski definition) is 1. The normalized spacial score (nSPS) is 14.7. The lowest BCUT2D eigenvalue weighted by Crippen LogP contribution is -2.48. The van der Waals surface area contributed by atoms with Crippen molar-refractivity contribution in [2.45, 2.75) is 13.1 Å². The summed E-state index contributed by atoms with van der Waals surface area (Å²) in [5, 5.41) is 0. The molecule has 26 heavy (non-hydrogen) atoms. The fourth-order valence-corrected chi connectivity index (χ4v) is 2.82. The van der Waals surface area contributed by atoms with Crippen LogP contribution in [0, 0.1) is 0 Å². The number of nitrogens with two attached hydrogens (primary N) is 1. The summed E-state index contributed by atoms with van der Waals surface area (Å²) in [6.45, 7) is 0.0209. The molecule has 1 saturated heterocycles. The number of benzene rings is 1. The number of carbonyl (C=O) groups is 1. The first-order valence-corrected chi connectivity index (χ1v) is 7.72. The first kappa shape index (κ1) is 22.1. The van der Waals surface area contributed by atoms with Crippen LogP contribution in [0.1, 0.15) is 22.7 Å². The first-order chi connectivity index (χ1) is 11.6.